The minimum absolute atomic E-state index is 0.0967. The van der Waals surface area contributed by atoms with E-state index >= 15 is 0 Å². The minimum atomic E-state index is -0.241. The smallest absolute Gasteiger partial charge is 0.190 e. The SMILES string of the molecule is CO[C@@]1(/C=C/c2ccccc2)C[C@H]1C1=NC(C)(C)CO1. The van der Waals surface area contributed by atoms with Crippen LogP contribution in [0.3, 0.4) is 0 Å². The lowest BCUT2D eigenvalue weighted by Gasteiger charge is -2.10. The first-order chi connectivity index (χ1) is 9.55. The van der Waals surface area contributed by atoms with E-state index in [1.165, 1.54) is 5.56 Å². The zero-order chi connectivity index (χ0) is 14.2. The average molecular weight is 271 g/mol. The van der Waals surface area contributed by atoms with Gasteiger partial charge in [0, 0.05) is 7.11 Å². The molecule has 106 valence electrons. The molecule has 0 saturated heterocycles. The molecule has 0 unspecified atom stereocenters. The first-order valence-electron chi connectivity index (χ1n) is 7.07. The number of benzene rings is 1. The maximum absolute atomic E-state index is 5.74. The Balaban J connectivity index is 1.74. The molecule has 1 saturated carbocycles. The summed E-state index contributed by atoms with van der Waals surface area (Å²) in [7, 11) is 1.76. The monoisotopic (exact) mass is 271 g/mol. The van der Waals surface area contributed by atoms with Crippen molar-refractivity contribution in [3.05, 3.63) is 42.0 Å². The van der Waals surface area contributed by atoms with Gasteiger partial charge in [-0.3, -0.25) is 0 Å². The van der Waals surface area contributed by atoms with Crippen molar-refractivity contribution >= 4 is 12.0 Å². The van der Waals surface area contributed by atoms with E-state index in [4.69, 9.17) is 9.47 Å². The molecular weight excluding hydrogens is 250 g/mol. The first kappa shape index (κ1) is 13.4. The molecular formula is C17H21NO2. The van der Waals surface area contributed by atoms with Crippen molar-refractivity contribution in [1.29, 1.82) is 0 Å². The number of hydrogen-bond acceptors (Lipinski definition) is 3. The van der Waals surface area contributed by atoms with Gasteiger partial charge in [-0.05, 0) is 25.8 Å². The van der Waals surface area contributed by atoms with E-state index in [-0.39, 0.29) is 17.1 Å². The van der Waals surface area contributed by atoms with Crippen LogP contribution in [0.15, 0.2) is 41.4 Å². The van der Waals surface area contributed by atoms with Gasteiger partial charge < -0.3 is 9.47 Å². The number of rotatable bonds is 4. The van der Waals surface area contributed by atoms with E-state index in [1.54, 1.807) is 7.11 Å². The van der Waals surface area contributed by atoms with Crippen LogP contribution in [0, 0.1) is 5.92 Å². The van der Waals surface area contributed by atoms with Crippen molar-refractivity contribution in [1.82, 2.24) is 0 Å². The first-order valence-corrected chi connectivity index (χ1v) is 7.07. The highest BCUT2D eigenvalue weighted by atomic mass is 16.5. The Morgan fingerprint density at radius 1 is 1.30 bits per heavy atom. The van der Waals surface area contributed by atoms with Gasteiger partial charge in [-0.1, -0.05) is 42.5 Å². The molecule has 1 fully saturated rings. The van der Waals surface area contributed by atoms with Crippen molar-refractivity contribution in [3.63, 3.8) is 0 Å². The van der Waals surface area contributed by atoms with E-state index < -0.39 is 0 Å². The van der Waals surface area contributed by atoms with E-state index in [2.05, 4.69) is 43.1 Å². The fourth-order valence-electron chi connectivity index (χ4n) is 2.63. The van der Waals surface area contributed by atoms with Crippen LogP contribution in [0.5, 0.6) is 0 Å². The van der Waals surface area contributed by atoms with Gasteiger partial charge in [0.25, 0.3) is 0 Å². The fourth-order valence-corrected chi connectivity index (χ4v) is 2.63. The second kappa shape index (κ2) is 4.74. The molecule has 1 aliphatic carbocycles. The third-order valence-electron chi connectivity index (χ3n) is 3.97. The molecule has 0 radical (unpaired) electrons. The Hall–Kier alpha value is -1.61. The van der Waals surface area contributed by atoms with Crippen LogP contribution in [0.1, 0.15) is 25.8 Å². The summed E-state index contributed by atoms with van der Waals surface area (Å²) in [5.41, 5.74) is 0.847. The molecule has 2 atom stereocenters. The summed E-state index contributed by atoms with van der Waals surface area (Å²) in [5, 5.41) is 0. The lowest BCUT2D eigenvalue weighted by atomic mass is 10.1. The fraction of sp³-hybridized carbons (Fsp3) is 0.471. The summed E-state index contributed by atoms with van der Waals surface area (Å²) < 4.78 is 11.5. The molecule has 0 spiro atoms. The van der Waals surface area contributed by atoms with Crippen LogP contribution in [-0.2, 0) is 9.47 Å². The van der Waals surface area contributed by atoms with Gasteiger partial charge >= 0.3 is 0 Å². The topological polar surface area (TPSA) is 30.8 Å². The van der Waals surface area contributed by atoms with Crippen molar-refractivity contribution in [2.75, 3.05) is 13.7 Å². The Bertz CT molecular complexity index is 547. The quantitative estimate of drug-likeness (QED) is 0.841. The van der Waals surface area contributed by atoms with Gasteiger partial charge in [0.15, 0.2) is 5.90 Å². The van der Waals surface area contributed by atoms with Crippen LogP contribution in [-0.4, -0.2) is 30.8 Å². The second-order valence-electron chi connectivity index (χ2n) is 6.21. The summed E-state index contributed by atoms with van der Waals surface area (Å²) in [5.74, 6) is 1.11. The van der Waals surface area contributed by atoms with Gasteiger partial charge in [-0.15, -0.1) is 0 Å². The molecule has 0 amide bonds. The standard InChI is InChI=1S/C17H21NO2/c1-16(2)12-20-15(18-16)14-11-17(14,19-3)10-9-13-7-5-4-6-8-13/h4-10,14H,11-12H2,1-3H3/b10-9+/t14-,17-/m0/s1. The van der Waals surface area contributed by atoms with Crippen molar-refractivity contribution in [3.8, 4) is 0 Å². The lowest BCUT2D eigenvalue weighted by Crippen LogP contribution is -2.17. The highest BCUT2D eigenvalue weighted by Gasteiger charge is 2.58. The Morgan fingerprint density at radius 3 is 2.65 bits per heavy atom. The van der Waals surface area contributed by atoms with Gasteiger partial charge in [-0.25, -0.2) is 4.99 Å². The molecule has 0 bridgehead atoms. The van der Waals surface area contributed by atoms with Crippen LogP contribution in [0.25, 0.3) is 6.08 Å². The number of aliphatic imine (C=N–C) groups is 1. The summed E-state index contributed by atoms with van der Waals surface area (Å²) in [6.45, 7) is 4.86. The number of nitrogens with zero attached hydrogens (tertiary/aromatic N) is 1. The Morgan fingerprint density at radius 2 is 2.05 bits per heavy atom. The van der Waals surface area contributed by atoms with Crippen LogP contribution < -0.4 is 0 Å². The number of methoxy groups -OCH3 is 1. The molecule has 3 rings (SSSR count). The third-order valence-corrected chi connectivity index (χ3v) is 3.97. The maximum atomic E-state index is 5.74. The average Bonchev–Trinajstić information content (AvgIpc) is 3.07. The van der Waals surface area contributed by atoms with E-state index in [0.29, 0.717) is 6.61 Å². The Kier molecular flexibility index (Phi) is 3.17. The molecule has 3 heteroatoms. The van der Waals surface area contributed by atoms with Gasteiger partial charge in [-0.2, -0.15) is 0 Å². The maximum Gasteiger partial charge on any atom is 0.190 e. The summed E-state index contributed by atoms with van der Waals surface area (Å²) in [6, 6.07) is 10.3. The number of ether oxygens (including phenoxy) is 2. The van der Waals surface area contributed by atoms with Gasteiger partial charge in [0.2, 0.25) is 0 Å². The molecule has 0 aromatic heterocycles. The van der Waals surface area contributed by atoms with Crippen molar-refractivity contribution in [2.24, 2.45) is 10.9 Å². The lowest BCUT2D eigenvalue weighted by molar-refractivity contribution is 0.112. The van der Waals surface area contributed by atoms with Crippen molar-refractivity contribution < 1.29 is 9.47 Å². The minimum Gasteiger partial charge on any atom is -0.478 e. The zero-order valence-corrected chi connectivity index (χ0v) is 12.3. The molecule has 20 heavy (non-hydrogen) atoms. The number of hydrogen-bond donors (Lipinski definition) is 0. The molecule has 2 aliphatic rings. The zero-order valence-electron chi connectivity index (χ0n) is 12.3. The molecule has 1 aliphatic heterocycles. The van der Waals surface area contributed by atoms with Crippen LogP contribution >= 0.6 is 0 Å². The van der Waals surface area contributed by atoms with E-state index in [1.807, 2.05) is 18.2 Å². The molecule has 1 aromatic rings. The summed E-state index contributed by atoms with van der Waals surface area (Å²) in [4.78, 5) is 4.66. The van der Waals surface area contributed by atoms with Gasteiger partial charge in [0.05, 0.1) is 17.1 Å². The summed E-state index contributed by atoms with van der Waals surface area (Å²) >= 11 is 0. The normalized spacial score (nSPS) is 31.1. The van der Waals surface area contributed by atoms with Crippen molar-refractivity contribution in [2.45, 2.75) is 31.4 Å². The second-order valence-corrected chi connectivity index (χ2v) is 6.21. The van der Waals surface area contributed by atoms with E-state index in [0.717, 1.165) is 12.3 Å². The molecule has 1 aromatic carbocycles. The highest BCUT2D eigenvalue weighted by molar-refractivity contribution is 5.86. The Labute approximate surface area is 120 Å². The molecule has 1 heterocycles. The van der Waals surface area contributed by atoms with Crippen LogP contribution in [0.2, 0.25) is 0 Å². The molecule has 0 N–H and O–H groups in total. The summed E-state index contributed by atoms with van der Waals surface area (Å²) in [6.07, 6.45) is 5.20. The van der Waals surface area contributed by atoms with E-state index in [9.17, 15) is 0 Å². The highest BCUT2D eigenvalue weighted by Crippen LogP contribution is 2.50. The largest absolute Gasteiger partial charge is 0.478 e. The van der Waals surface area contributed by atoms with Crippen LogP contribution in [0.4, 0.5) is 0 Å². The predicted molar refractivity (Wildman–Crippen MR) is 80.8 cm³/mol. The predicted octanol–water partition coefficient (Wildman–Crippen LogP) is 3.31. The third kappa shape index (κ3) is 2.50. The van der Waals surface area contributed by atoms with Gasteiger partial charge in [0.1, 0.15) is 6.61 Å². The molecule has 3 nitrogen and oxygen atoms in total.